The Hall–Kier alpha value is -0.860. The molecule has 1 aromatic rings. The average Bonchev–Trinajstić information content (AvgIpc) is 3.07. The molecular weight excluding hydrogens is 244 g/mol. The van der Waals surface area contributed by atoms with Crippen LogP contribution in [0.2, 0.25) is 0 Å². The largest absolute Gasteiger partial charge is 0.312 e. The van der Waals surface area contributed by atoms with E-state index in [1.165, 1.54) is 45.1 Å². The van der Waals surface area contributed by atoms with Gasteiger partial charge < -0.3 is 5.32 Å². The third-order valence-electron chi connectivity index (χ3n) is 5.99. The highest BCUT2D eigenvalue weighted by atomic mass is 15.2. The van der Waals surface area contributed by atoms with Gasteiger partial charge in [0.05, 0.1) is 0 Å². The summed E-state index contributed by atoms with van der Waals surface area (Å²) in [5.74, 6) is 0.991. The zero-order chi connectivity index (χ0) is 13.5. The van der Waals surface area contributed by atoms with Crippen molar-refractivity contribution in [3.05, 3.63) is 35.4 Å². The van der Waals surface area contributed by atoms with Crippen molar-refractivity contribution in [2.45, 2.75) is 56.7 Å². The summed E-state index contributed by atoms with van der Waals surface area (Å²) >= 11 is 0. The number of fused-ring (bicyclic) bond motifs is 2. The quantitative estimate of drug-likeness (QED) is 0.888. The molecule has 1 heterocycles. The molecule has 1 N–H and O–H groups in total. The minimum absolute atomic E-state index is 0.534. The van der Waals surface area contributed by atoms with Gasteiger partial charge in [-0.25, -0.2) is 0 Å². The number of nitrogens with zero attached hydrogens (tertiary/aromatic N) is 1. The average molecular weight is 270 g/mol. The van der Waals surface area contributed by atoms with Crippen molar-refractivity contribution in [2.75, 3.05) is 13.6 Å². The molecule has 4 atom stereocenters. The van der Waals surface area contributed by atoms with Gasteiger partial charge in [0.2, 0.25) is 0 Å². The van der Waals surface area contributed by atoms with E-state index in [0.29, 0.717) is 12.1 Å². The summed E-state index contributed by atoms with van der Waals surface area (Å²) < 4.78 is 0. The molecule has 0 aromatic heterocycles. The predicted molar refractivity (Wildman–Crippen MR) is 82.8 cm³/mol. The third kappa shape index (κ3) is 1.93. The van der Waals surface area contributed by atoms with Gasteiger partial charge in [0.15, 0.2) is 0 Å². The first-order chi connectivity index (χ1) is 9.88. The van der Waals surface area contributed by atoms with Crippen LogP contribution in [0.25, 0.3) is 0 Å². The highest BCUT2D eigenvalue weighted by Gasteiger charge is 2.43. The molecule has 0 radical (unpaired) electrons. The first-order valence-electron chi connectivity index (χ1n) is 8.39. The Morgan fingerprint density at radius 1 is 1.05 bits per heavy atom. The number of benzene rings is 1. The molecule has 20 heavy (non-hydrogen) atoms. The Morgan fingerprint density at radius 2 is 1.90 bits per heavy atom. The molecule has 4 rings (SSSR count). The standard InChI is InChI=1S/C18H26N2/c1-19-18-15-8-4-2-7-14(15)12-17(18)20-11-10-13-6-3-5-9-16(13)20/h2,4,7-8,13,16-19H,3,5-6,9-12H2,1H3. The van der Waals surface area contributed by atoms with Crippen LogP contribution in [0.4, 0.5) is 0 Å². The Balaban J connectivity index is 1.60. The monoisotopic (exact) mass is 270 g/mol. The van der Waals surface area contributed by atoms with Crippen molar-refractivity contribution in [1.82, 2.24) is 10.2 Å². The Morgan fingerprint density at radius 3 is 2.80 bits per heavy atom. The molecule has 0 bridgehead atoms. The summed E-state index contributed by atoms with van der Waals surface area (Å²) in [6.45, 7) is 1.33. The van der Waals surface area contributed by atoms with E-state index in [9.17, 15) is 0 Å². The van der Waals surface area contributed by atoms with Gasteiger partial charge in [-0.15, -0.1) is 0 Å². The molecule has 2 heteroatoms. The second-order valence-corrected chi connectivity index (χ2v) is 6.88. The van der Waals surface area contributed by atoms with Crippen molar-refractivity contribution in [1.29, 1.82) is 0 Å². The van der Waals surface area contributed by atoms with E-state index in [-0.39, 0.29) is 0 Å². The molecular formula is C18H26N2. The van der Waals surface area contributed by atoms with Crippen molar-refractivity contribution in [3.8, 4) is 0 Å². The smallest absolute Gasteiger partial charge is 0.0481 e. The van der Waals surface area contributed by atoms with Gasteiger partial charge in [-0.05, 0) is 56.3 Å². The summed E-state index contributed by atoms with van der Waals surface area (Å²) in [5.41, 5.74) is 3.11. The normalized spacial score (nSPS) is 36.9. The second-order valence-electron chi connectivity index (χ2n) is 6.88. The second kappa shape index (κ2) is 5.16. The molecule has 1 aliphatic heterocycles. The summed E-state index contributed by atoms with van der Waals surface area (Å²) in [7, 11) is 2.13. The van der Waals surface area contributed by atoms with Crippen LogP contribution in [-0.4, -0.2) is 30.6 Å². The minimum atomic E-state index is 0.534. The number of nitrogens with one attached hydrogen (secondary N) is 1. The van der Waals surface area contributed by atoms with E-state index >= 15 is 0 Å². The van der Waals surface area contributed by atoms with E-state index < -0.39 is 0 Å². The van der Waals surface area contributed by atoms with Gasteiger partial charge in [0, 0.05) is 18.1 Å². The van der Waals surface area contributed by atoms with Crippen LogP contribution in [0.15, 0.2) is 24.3 Å². The van der Waals surface area contributed by atoms with Crippen LogP contribution < -0.4 is 5.32 Å². The van der Waals surface area contributed by atoms with Crippen LogP contribution in [0.1, 0.15) is 49.3 Å². The highest BCUT2D eigenvalue weighted by Crippen LogP contribution is 2.42. The molecule has 2 nitrogen and oxygen atoms in total. The number of hydrogen-bond donors (Lipinski definition) is 1. The van der Waals surface area contributed by atoms with Crippen molar-refractivity contribution in [2.24, 2.45) is 5.92 Å². The van der Waals surface area contributed by atoms with Crippen LogP contribution in [-0.2, 0) is 6.42 Å². The zero-order valence-electron chi connectivity index (χ0n) is 12.5. The zero-order valence-corrected chi connectivity index (χ0v) is 12.5. The number of likely N-dealkylation sites (N-methyl/N-ethyl adjacent to an activating group) is 1. The van der Waals surface area contributed by atoms with Crippen molar-refractivity contribution < 1.29 is 0 Å². The molecule has 1 saturated heterocycles. The lowest BCUT2D eigenvalue weighted by molar-refractivity contribution is 0.115. The minimum Gasteiger partial charge on any atom is -0.312 e. The molecule has 1 aromatic carbocycles. The number of likely N-dealkylation sites (tertiary alicyclic amines) is 1. The van der Waals surface area contributed by atoms with E-state index in [2.05, 4.69) is 41.5 Å². The molecule has 4 unspecified atom stereocenters. The lowest BCUT2D eigenvalue weighted by Crippen LogP contribution is -2.46. The SMILES string of the molecule is CNC1c2ccccc2CC1N1CCC2CCCCC21. The number of hydrogen-bond acceptors (Lipinski definition) is 2. The molecule has 1 saturated carbocycles. The van der Waals surface area contributed by atoms with Crippen molar-refractivity contribution >= 4 is 0 Å². The maximum absolute atomic E-state index is 3.60. The van der Waals surface area contributed by atoms with Gasteiger partial charge in [-0.3, -0.25) is 4.90 Å². The number of rotatable bonds is 2. The Labute approximate surface area is 122 Å². The summed E-state index contributed by atoms with van der Waals surface area (Å²) in [6.07, 6.45) is 8.51. The summed E-state index contributed by atoms with van der Waals surface area (Å²) in [6, 6.07) is 11.1. The van der Waals surface area contributed by atoms with Crippen LogP contribution >= 0.6 is 0 Å². The topological polar surface area (TPSA) is 15.3 Å². The molecule has 108 valence electrons. The van der Waals surface area contributed by atoms with Gasteiger partial charge >= 0.3 is 0 Å². The third-order valence-corrected chi connectivity index (χ3v) is 5.99. The molecule has 3 aliphatic rings. The Kier molecular flexibility index (Phi) is 3.31. The van der Waals surface area contributed by atoms with Gasteiger partial charge in [0.1, 0.15) is 0 Å². The van der Waals surface area contributed by atoms with Gasteiger partial charge in [0.25, 0.3) is 0 Å². The summed E-state index contributed by atoms with van der Waals surface area (Å²) in [5, 5.41) is 3.60. The molecule has 0 spiro atoms. The maximum Gasteiger partial charge on any atom is 0.0481 e. The van der Waals surface area contributed by atoms with Crippen LogP contribution in [0, 0.1) is 5.92 Å². The van der Waals surface area contributed by atoms with E-state index in [0.717, 1.165) is 12.0 Å². The fourth-order valence-electron chi connectivity index (χ4n) is 5.08. The maximum atomic E-state index is 3.60. The first-order valence-corrected chi connectivity index (χ1v) is 8.39. The van der Waals surface area contributed by atoms with E-state index in [4.69, 9.17) is 0 Å². The fourth-order valence-corrected chi connectivity index (χ4v) is 5.08. The lowest BCUT2D eigenvalue weighted by Gasteiger charge is -2.38. The Bertz CT molecular complexity index is 484. The fraction of sp³-hybridized carbons (Fsp3) is 0.667. The van der Waals surface area contributed by atoms with Gasteiger partial charge in [-0.1, -0.05) is 37.1 Å². The molecule has 2 fully saturated rings. The van der Waals surface area contributed by atoms with Crippen LogP contribution in [0.3, 0.4) is 0 Å². The lowest BCUT2D eigenvalue weighted by atomic mass is 9.84. The molecule has 2 aliphatic carbocycles. The first kappa shape index (κ1) is 12.8. The van der Waals surface area contributed by atoms with Gasteiger partial charge in [-0.2, -0.15) is 0 Å². The summed E-state index contributed by atoms with van der Waals surface area (Å²) in [4.78, 5) is 2.87. The highest BCUT2D eigenvalue weighted by molar-refractivity contribution is 5.37. The van der Waals surface area contributed by atoms with Crippen LogP contribution in [0.5, 0.6) is 0 Å². The van der Waals surface area contributed by atoms with E-state index in [1.54, 1.807) is 11.1 Å². The van der Waals surface area contributed by atoms with Crippen molar-refractivity contribution in [3.63, 3.8) is 0 Å². The predicted octanol–water partition coefficient (Wildman–Crippen LogP) is 3.14. The van der Waals surface area contributed by atoms with E-state index in [1.807, 2.05) is 0 Å². The molecule has 0 amide bonds.